The summed E-state index contributed by atoms with van der Waals surface area (Å²) in [5.41, 5.74) is 4.62. The summed E-state index contributed by atoms with van der Waals surface area (Å²) in [7, 11) is 1.64. The van der Waals surface area contributed by atoms with E-state index in [1.807, 2.05) is 48.5 Å². The number of benzene rings is 2. The van der Waals surface area contributed by atoms with Gasteiger partial charge in [-0.2, -0.15) is 0 Å². The molecule has 158 valence electrons. The summed E-state index contributed by atoms with van der Waals surface area (Å²) in [5.74, 6) is 2.01. The summed E-state index contributed by atoms with van der Waals surface area (Å²) in [6.45, 7) is 5.22. The van der Waals surface area contributed by atoms with Crippen molar-refractivity contribution in [1.82, 2.24) is 9.88 Å². The summed E-state index contributed by atoms with van der Waals surface area (Å²) in [6.07, 6.45) is 2.66. The number of ether oxygens (including phenoxy) is 3. The van der Waals surface area contributed by atoms with Crippen molar-refractivity contribution in [2.75, 3.05) is 52.0 Å². The maximum Gasteiger partial charge on any atom is 0.166 e. The van der Waals surface area contributed by atoms with Gasteiger partial charge < -0.3 is 19.0 Å². The molecule has 0 bridgehead atoms. The van der Waals surface area contributed by atoms with Gasteiger partial charge in [-0.25, -0.2) is 5.48 Å². The predicted octanol–water partition coefficient (Wildman–Crippen LogP) is 3.75. The first-order valence-corrected chi connectivity index (χ1v) is 10.2. The molecule has 3 aromatic rings. The van der Waals surface area contributed by atoms with Crippen molar-refractivity contribution in [2.45, 2.75) is 6.42 Å². The maximum atomic E-state index is 6.02. The molecule has 7 nitrogen and oxygen atoms in total. The van der Waals surface area contributed by atoms with Crippen molar-refractivity contribution in [3.05, 3.63) is 54.7 Å². The average molecular weight is 409 g/mol. The second-order valence-corrected chi connectivity index (χ2v) is 7.06. The van der Waals surface area contributed by atoms with Gasteiger partial charge >= 0.3 is 0 Å². The van der Waals surface area contributed by atoms with Crippen molar-refractivity contribution in [2.24, 2.45) is 0 Å². The molecular formula is C23H27N3O4. The van der Waals surface area contributed by atoms with Crippen LogP contribution >= 0.6 is 0 Å². The van der Waals surface area contributed by atoms with E-state index in [-0.39, 0.29) is 0 Å². The molecule has 1 aliphatic heterocycles. The summed E-state index contributed by atoms with van der Waals surface area (Å²) in [6, 6.07) is 15.4. The van der Waals surface area contributed by atoms with Crippen molar-refractivity contribution < 1.29 is 19.0 Å². The lowest BCUT2D eigenvalue weighted by Gasteiger charge is -2.26. The topological polar surface area (TPSA) is 65.1 Å². The number of pyridine rings is 1. The summed E-state index contributed by atoms with van der Waals surface area (Å²) in [5, 5.41) is 0.846. The third-order valence-corrected chi connectivity index (χ3v) is 5.02. The fraction of sp³-hybridized carbons (Fsp3) is 0.348. The summed E-state index contributed by atoms with van der Waals surface area (Å²) < 4.78 is 17.0. The minimum atomic E-state index is 0.616. The lowest BCUT2D eigenvalue weighted by Crippen LogP contribution is -2.37. The quantitative estimate of drug-likeness (QED) is 0.426. The van der Waals surface area contributed by atoms with Crippen LogP contribution in [0.25, 0.3) is 10.9 Å². The zero-order chi connectivity index (χ0) is 20.6. The minimum absolute atomic E-state index is 0.616. The van der Waals surface area contributed by atoms with Gasteiger partial charge in [0.25, 0.3) is 0 Å². The average Bonchev–Trinajstić information content (AvgIpc) is 2.81. The molecule has 0 aliphatic carbocycles. The number of hydrogen-bond donors (Lipinski definition) is 1. The predicted molar refractivity (Wildman–Crippen MR) is 116 cm³/mol. The largest absolute Gasteiger partial charge is 0.493 e. The summed E-state index contributed by atoms with van der Waals surface area (Å²) in [4.78, 5) is 12.7. The van der Waals surface area contributed by atoms with E-state index in [4.69, 9.17) is 19.0 Å². The van der Waals surface area contributed by atoms with E-state index in [1.165, 1.54) is 0 Å². The highest BCUT2D eigenvalue weighted by Gasteiger charge is 2.13. The molecule has 0 spiro atoms. The van der Waals surface area contributed by atoms with Crippen LogP contribution in [0.1, 0.15) is 6.42 Å². The van der Waals surface area contributed by atoms with Gasteiger partial charge in [-0.1, -0.05) is 18.2 Å². The second-order valence-electron chi connectivity index (χ2n) is 7.06. The first-order chi connectivity index (χ1) is 14.8. The Balaban J connectivity index is 1.42. The Morgan fingerprint density at radius 1 is 1.03 bits per heavy atom. The van der Waals surface area contributed by atoms with E-state index in [0.29, 0.717) is 23.9 Å². The molecule has 7 heteroatoms. The highest BCUT2D eigenvalue weighted by atomic mass is 16.6. The van der Waals surface area contributed by atoms with Gasteiger partial charge in [0, 0.05) is 43.4 Å². The van der Waals surface area contributed by atoms with E-state index in [2.05, 4.69) is 15.4 Å². The number of fused-ring (bicyclic) bond motifs is 1. The van der Waals surface area contributed by atoms with Crippen LogP contribution in [-0.2, 0) is 4.74 Å². The molecule has 1 aliphatic rings. The molecule has 4 rings (SSSR count). The number of rotatable bonds is 9. The first-order valence-electron chi connectivity index (χ1n) is 10.2. The van der Waals surface area contributed by atoms with Gasteiger partial charge in [0.2, 0.25) is 0 Å². The van der Waals surface area contributed by atoms with E-state index in [0.717, 1.165) is 55.9 Å². The Hall–Kier alpha value is -3.03. The fourth-order valence-electron chi connectivity index (χ4n) is 3.40. The normalized spacial score (nSPS) is 14.4. The van der Waals surface area contributed by atoms with Gasteiger partial charge in [0.15, 0.2) is 17.2 Å². The van der Waals surface area contributed by atoms with Gasteiger partial charge in [0.1, 0.15) is 0 Å². The number of nitrogens with one attached hydrogen (secondary N) is 1. The molecule has 0 radical (unpaired) electrons. The van der Waals surface area contributed by atoms with E-state index in [1.54, 1.807) is 13.3 Å². The molecule has 1 aromatic heterocycles. The van der Waals surface area contributed by atoms with E-state index >= 15 is 0 Å². The number of aromatic nitrogens is 1. The molecule has 1 fully saturated rings. The lowest BCUT2D eigenvalue weighted by atomic mass is 10.2. The van der Waals surface area contributed by atoms with Gasteiger partial charge in [-0.3, -0.25) is 9.88 Å². The molecule has 1 saturated heterocycles. The first kappa shape index (κ1) is 20.3. The smallest absolute Gasteiger partial charge is 0.166 e. The van der Waals surface area contributed by atoms with Gasteiger partial charge in [-0.05, 0) is 24.6 Å². The SMILES string of the molecule is COc1cc2c(ONc3ccccc3)ccnc2cc1OCCCN1CCOCC1. The van der Waals surface area contributed by atoms with Crippen LogP contribution in [0.15, 0.2) is 54.7 Å². The minimum Gasteiger partial charge on any atom is -0.493 e. The number of hydrogen-bond acceptors (Lipinski definition) is 7. The van der Waals surface area contributed by atoms with Crippen molar-refractivity contribution >= 4 is 16.6 Å². The third-order valence-electron chi connectivity index (χ3n) is 5.02. The molecule has 1 N–H and O–H groups in total. The van der Waals surface area contributed by atoms with Crippen LogP contribution in [0.2, 0.25) is 0 Å². The Morgan fingerprint density at radius 2 is 1.87 bits per heavy atom. The Morgan fingerprint density at radius 3 is 2.67 bits per heavy atom. The molecule has 0 unspecified atom stereocenters. The monoisotopic (exact) mass is 409 g/mol. The molecular weight excluding hydrogens is 382 g/mol. The Kier molecular flexibility index (Phi) is 6.84. The highest BCUT2D eigenvalue weighted by Crippen LogP contribution is 2.35. The van der Waals surface area contributed by atoms with Crippen LogP contribution in [0.5, 0.6) is 17.2 Å². The molecule has 2 heterocycles. The number of morpholine rings is 1. The van der Waals surface area contributed by atoms with E-state index in [9.17, 15) is 0 Å². The zero-order valence-electron chi connectivity index (χ0n) is 17.2. The number of nitrogens with zero attached hydrogens (tertiary/aromatic N) is 2. The van der Waals surface area contributed by atoms with Crippen LogP contribution < -0.4 is 19.8 Å². The van der Waals surface area contributed by atoms with Gasteiger partial charge in [-0.15, -0.1) is 0 Å². The number of methoxy groups -OCH3 is 1. The van der Waals surface area contributed by atoms with Crippen molar-refractivity contribution in [3.63, 3.8) is 0 Å². The molecule has 2 aromatic carbocycles. The van der Waals surface area contributed by atoms with Crippen LogP contribution in [0, 0.1) is 0 Å². The highest BCUT2D eigenvalue weighted by molar-refractivity contribution is 5.88. The van der Waals surface area contributed by atoms with Gasteiger partial charge in [0.05, 0.1) is 38.1 Å². The maximum absolute atomic E-state index is 6.02. The molecule has 0 amide bonds. The van der Waals surface area contributed by atoms with Crippen LogP contribution in [0.4, 0.5) is 5.69 Å². The third kappa shape index (κ3) is 5.11. The fourth-order valence-corrected chi connectivity index (χ4v) is 3.40. The lowest BCUT2D eigenvalue weighted by molar-refractivity contribution is 0.0357. The molecule has 30 heavy (non-hydrogen) atoms. The number of para-hydroxylation sites is 1. The van der Waals surface area contributed by atoms with Crippen molar-refractivity contribution in [1.29, 1.82) is 0 Å². The molecule has 0 saturated carbocycles. The van der Waals surface area contributed by atoms with Crippen LogP contribution in [0.3, 0.4) is 0 Å². The Bertz CT molecular complexity index is 946. The molecule has 0 atom stereocenters. The second kappa shape index (κ2) is 10.1. The number of anilines is 1. The summed E-state index contributed by atoms with van der Waals surface area (Å²) >= 11 is 0. The standard InChI is InChI=1S/C23H27N3O4/c1-27-22-16-19-20(17-23(22)29-13-5-10-26-11-14-28-15-12-26)24-9-8-21(19)30-25-18-6-3-2-4-7-18/h2-4,6-9,16-17,25H,5,10-15H2,1H3. The van der Waals surface area contributed by atoms with Crippen LogP contribution in [-0.4, -0.2) is 56.4 Å². The van der Waals surface area contributed by atoms with E-state index < -0.39 is 0 Å². The van der Waals surface area contributed by atoms with Crippen molar-refractivity contribution in [3.8, 4) is 17.2 Å². The zero-order valence-corrected chi connectivity index (χ0v) is 17.2. The Labute approximate surface area is 176 Å².